The van der Waals surface area contributed by atoms with E-state index < -0.39 is 6.09 Å². The van der Waals surface area contributed by atoms with Crippen LogP contribution < -0.4 is 11.1 Å². The second-order valence-electron chi connectivity index (χ2n) is 3.84. The van der Waals surface area contributed by atoms with Crippen LogP contribution in [0.3, 0.4) is 0 Å². The van der Waals surface area contributed by atoms with Crippen molar-refractivity contribution in [2.24, 2.45) is 11.7 Å². The minimum atomic E-state index is -0.957. The highest BCUT2D eigenvalue weighted by Crippen LogP contribution is 2.23. The summed E-state index contributed by atoms with van der Waals surface area (Å²) in [5.41, 5.74) is 5.90. The highest BCUT2D eigenvalue weighted by Gasteiger charge is 2.28. The van der Waals surface area contributed by atoms with Crippen molar-refractivity contribution >= 4 is 6.09 Å². The molecule has 1 aliphatic rings. The smallest absolute Gasteiger partial charge is 0.404 e. The molecule has 0 bridgehead atoms. The van der Waals surface area contributed by atoms with E-state index in [1.165, 1.54) is 0 Å². The first kappa shape index (κ1) is 11.3. The molecule has 82 valence electrons. The van der Waals surface area contributed by atoms with Gasteiger partial charge in [-0.2, -0.15) is 0 Å². The molecule has 1 fully saturated rings. The highest BCUT2D eigenvalue weighted by molar-refractivity contribution is 5.64. The van der Waals surface area contributed by atoms with Crippen molar-refractivity contribution in [2.75, 3.05) is 13.7 Å². The second kappa shape index (κ2) is 5.17. The fourth-order valence-corrected chi connectivity index (χ4v) is 2.00. The zero-order chi connectivity index (χ0) is 10.6. The predicted octanol–water partition coefficient (Wildman–Crippen LogP) is 0.396. The summed E-state index contributed by atoms with van der Waals surface area (Å²) in [6, 6.07) is 0.175. The van der Waals surface area contributed by atoms with Crippen molar-refractivity contribution < 1.29 is 14.6 Å². The number of nitrogens with two attached hydrogens (primary N) is 1. The van der Waals surface area contributed by atoms with Gasteiger partial charge in [-0.15, -0.1) is 0 Å². The molecule has 1 rings (SSSR count). The SMILES string of the molecule is COCC1CC(NC(=O)O)CCC1N. The Kier molecular flexibility index (Phi) is 4.16. The molecule has 1 aliphatic carbocycles. The standard InChI is InChI=1S/C9H18N2O3/c1-14-5-6-4-7(11-9(12)13)2-3-8(6)10/h6-8,11H,2-5,10H2,1H3,(H,12,13). The number of hydrogen-bond acceptors (Lipinski definition) is 3. The van der Waals surface area contributed by atoms with Crippen LogP contribution in [-0.4, -0.2) is 37.0 Å². The minimum Gasteiger partial charge on any atom is -0.465 e. The molecule has 0 heterocycles. The summed E-state index contributed by atoms with van der Waals surface area (Å²) in [5, 5.41) is 11.1. The number of methoxy groups -OCH3 is 1. The third-order valence-corrected chi connectivity index (χ3v) is 2.75. The molecule has 3 unspecified atom stereocenters. The lowest BCUT2D eigenvalue weighted by Gasteiger charge is -2.33. The van der Waals surface area contributed by atoms with E-state index in [0.29, 0.717) is 6.61 Å². The lowest BCUT2D eigenvalue weighted by Crippen LogP contribution is -2.46. The number of hydrogen-bond donors (Lipinski definition) is 3. The van der Waals surface area contributed by atoms with Crippen LogP contribution in [0, 0.1) is 5.92 Å². The van der Waals surface area contributed by atoms with Crippen LogP contribution in [-0.2, 0) is 4.74 Å². The van der Waals surface area contributed by atoms with Gasteiger partial charge in [-0.1, -0.05) is 0 Å². The molecule has 14 heavy (non-hydrogen) atoms. The number of carboxylic acid groups (broad SMARTS) is 1. The van der Waals surface area contributed by atoms with E-state index in [0.717, 1.165) is 19.3 Å². The first-order valence-corrected chi connectivity index (χ1v) is 4.87. The van der Waals surface area contributed by atoms with Gasteiger partial charge in [0.15, 0.2) is 0 Å². The Hall–Kier alpha value is -0.810. The molecule has 1 saturated carbocycles. The third-order valence-electron chi connectivity index (χ3n) is 2.75. The Labute approximate surface area is 83.6 Å². The van der Waals surface area contributed by atoms with Gasteiger partial charge in [0.1, 0.15) is 0 Å². The van der Waals surface area contributed by atoms with Gasteiger partial charge < -0.3 is 20.9 Å². The minimum absolute atomic E-state index is 0.0347. The maximum absolute atomic E-state index is 10.4. The van der Waals surface area contributed by atoms with E-state index in [4.69, 9.17) is 15.6 Å². The van der Waals surface area contributed by atoms with Crippen LogP contribution in [0.5, 0.6) is 0 Å². The monoisotopic (exact) mass is 202 g/mol. The van der Waals surface area contributed by atoms with E-state index in [9.17, 15) is 4.79 Å². The average Bonchev–Trinajstić information content (AvgIpc) is 2.10. The zero-order valence-electron chi connectivity index (χ0n) is 8.40. The van der Waals surface area contributed by atoms with E-state index in [-0.39, 0.29) is 18.0 Å². The van der Waals surface area contributed by atoms with E-state index in [2.05, 4.69) is 5.32 Å². The first-order chi connectivity index (χ1) is 6.63. The number of carbonyl (C=O) groups is 1. The number of ether oxygens (including phenoxy) is 1. The molecule has 0 spiro atoms. The maximum atomic E-state index is 10.4. The van der Waals surface area contributed by atoms with Gasteiger partial charge in [-0.05, 0) is 25.2 Å². The lowest BCUT2D eigenvalue weighted by molar-refractivity contribution is 0.106. The van der Waals surface area contributed by atoms with Crippen molar-refractivity contribution in [3.05, 3.63) is 0 Å². The topological polar surface area (TPSA) is 84.6 Å². The molecule has 1 amide bonds. The average molecular weight is 202 g/mol. The van der Waals surface area contributed by atoms with Crippen molar-refractivity contribution in [1.29, 1.82) is 0 Å². The molecule has 5 heteroatoms. The molecule has 3 atom stereocenters. The Balaban J connectivity index is 2.40. The van der Waals surface area contributed by atoms with E-state index >= 15 is 0 Å². The summed E-state index contributed by atoms with van der Waals surface area (Å²) >= 11 is 0. The summed E-state index contributed by atoms with van der Waals surface area (Å²) < 4.78 is 5.05. The molecular weight excluding hydrogens is 184 g/mol. The van der Waals surface area contributed by atoms with Crippen molar-refractivity contribution in [3.63, 3.8) is 0 Å². The van der Waals surface area contributed by atoms with Gasteiger partial charge in [0.05, 0.1) is 6.61 Å². The molecule has 0 aromatic carbocycles. The van der Waals surface area contributed by atoms with Crippen molar-refractivity contribution in [2.45, 2.75) is 31.3 Å². The highest BCUT2D eigenvalue weighted by atomic mass is 16.5. The molecule has 0 aromatic heterocycles. The molecule has 4 N–H and O–H groups in total. The van der Waals surface area contributed by atoms with Gasteiger partial charge in [0, 0.05) is 19.2 Å². The zero-order valence-corrected chi connectivity index (χ0v) is 8.40. The third kappa shape index (κ3) is 3.16. The summed E-state index contributed by atoms with van der Waals surface area (Å²) in [5.74, 6) is 0.269. The largest absolute Gasteiger partial charge is 0.465 e. The molecule has 5 nitrogen and oxygen atoms in total. The van der Waals surface area contributed by atoms with Gasteiger partial charge in [0.25, 0.3) is 0 Å². The van der Waals surface area contributed by atoms with Crippen LogP contribution in [0.15, 0.2) is 0 Å². The number of nitrogens with one attached hydrogen (secondary N) is 1. The molecule has 0 radical (unpaired) electrons. The maximum Gasteiger partial charge on any atom is 0.404 e. The first-order valence-electron chi connectivity index (χ1n) is 4.87. The summed E-state index contributed by atoms with van der Waals surface area (Å²) in [6.45, 7) is 0.610. The Bertz CT molecular complexity index is 198. The fraction of sp³-hybridized carbons (Fsp3) is 0.889. The van der Waals surface area contributed by atoms with Crippen LogP contribution in [0.2, 0.25) is 0 Å². The molecule has 0 aliphatic heterocycles. The summed E-state index contributed by atoms with van der Waals surface area (Å²) in [7, 11) is 1.64. The Morgan fingerprint density at radius 1 is 1.64 bits per heavy atom. The number of rotatable bonds is 3. The Morgan fingerprint density at radius 2 is 2.36 bits per heavy atom. The summed E-state index contributed by atoms with van der Waals surface area (Å²) in [4.78, 5) is 10.4. The van der Waals surface area contributed by atoms with Crippen LogP contribution >= 0.6 is 0 Å². The predicted molar refractivity (Wildman–Crippen MR) is 52.1 cm³/mol. The lowest BCUT2D eigenvalue weighted by atomic mass is 9.82. The molecule has 0 aromatic rings. The summed E-state index contributed by atoms with van der Waals surface area (Å²) in [6.07, 6.45) is 1.51. The van der Waals surface area contributed by atoms with Crippen molar-refractivity contribution in [3.8, 4) is 0 Å². The van der Waals surface area contributed by atoms with E-state index in [1.807, 2.05) is 0 Å². The quantitative estimate of drug-likeness (QED) is 0.618. The second-order valence-corrected chi connectivity index (χ2v) is 3.84. The van der Waals surface area contributed by atoms with Gasteiger partial charge in [-0.25, -0.2) is 4.79 Å². The van der Waals surface area contributed by atoms with Crippen LogP contribution in [0.1, 0.15) is 19.3 Å². The van der Waals surface area contributed by atoms with Gasteiger partial charge in [0.2, 0.25) is 0 Å². The van der Waals surface area contributed by atoms with E-state index in [1.54, 1.807) is 7.11 Å². The van der Waals surface area contributed by atoms with Gasteiger partial charge in [-0.3, -0.25) is 0 Å². The normalized spacial score (nSPS) is 32.6. The van der Waals surface area contributed by atoms with Crippen molar-refractivity contribution in [1.82, 2.24) is 5.32 Å². The van der Waals surface area contributed by atoms with Crippen LogP contribution in [0.25, 0.3) is 0 Å². The number of amides is 1. The molecular formula is C9H18N2O3. The molecule has 0 saturated heterocycles. The Morgan fingerprint density at radius 3 is 2.93 bits per heavy atom. The fourth-order valence-electron chi connectivity index (χ4n) is 2.00. The van der Waals surface area contributed by atoms with Crippen LogP contribution in [0.4, 0.5) is 4.79 Å². The van der Waals surface area contributed by atoms with Gasteiger partial charge >= 0.3 is 6.09 Å².